The first-order valence-corrected chi connectivity index (χ1v) is 9.94. The Hall–Kier alpha value is -2.49. The molecular formula is C23H27NO3. The average Bonchev–Trinajstić information content (AvgIpc) is 3.54. The Balaban J connectivity index is 1.67. The summed E-state index contributed by atoms with van der Waals surface area (Å²) < 4.78 is 11.0. The van der Waals surface area contributed by atoms with Crippen LogP contribution in [0.4, 0.5) is 0 Å². The fraction of sp³-hybridized carbons (Fsp3) is 0.435. The molecule has 1 amide bonds. The maximum Gasteiger partial charge on any atom is 0.254 e. The van der Waals surface area contributed by atoms with Gasteiger partial charge in [-0.25, -0.2) is 0 Å². The van der Waals surface area contributed by atoms with Crippen molar-refractivity contribution in [2.45, 2.75) is 51.1 Å². The lowest BCUT2D eigenvalue weighted by molar-refractivity contribution is 0.0637. The van der Waals surface area contributed by atoms with Crippen LogP contribution in [0.25, 0.3) is 0 Å². The Labute approximate surface area is 161 Å². The third-order valence-corrected chi connectivity index (χ3v) is 5.56. The molecule has 0 aliphatic heterocycles. The van der Waals surface area contributed by atoms with Crippen LogP contribution in [-0.2, 0) is 6.42 Å². The van der Waals surface area contributed by atoms with Gasteiger partial charge in [0.1, 0.15) is 0 Å². The van der Waals surface area contributed by atoms with Crippen molar-refractivity contribution in [1.82, 2.24) is 4.90 Å². The SMILES string of the molecule is CCOc1ccc(C(=O)N(C2CC2)C2CCCc3ccccc32)cc1OC. The van der Waals surface area contributed by atoms with Crippen LogP contribution in [0.2, 0.25) is 0 Å². The molecule has 142 valence electrons. The molecule has 4 rings (SSSR count). The van der Waals surface area contributed by atoms with Crippen molar-refractivity contribution in [3.63, 3.8) is 0 Å². The zero-order valence-electron chi connectivity index (χ0n) is 16.1. The van der Waals surface area contributed by atoms with Crippen LogP contribution >= 0.6 is 0 Å². The van der Waals surface area contributed by atoms with Crippen LogP contribution in [0, 0.1) is 0 Å². The van der Waals surface area contributed by atoms with E-state index in [2.05, 4.69) is 29.2 Å². The second kappa shape index (κ2) is 7.63. The molecule has 4 heteroatoms. The zero-order chi connectivity index (χ0) is 18.8. The molecule has 2 aromatic carbocycles. The number of ether oxygens (including phenoxy) is 2. The Morgan fingerprint density at radius 1 is 1.11 bits per heavy atom. The van der Waals surface area contributed by atoms with Gasteiger partial charge in [0.25, 0.3) is 5.91 Å². The van der Waals surface area contributed by atoms with Gasteiger partial charge in [-0.05, 0) is 68.4 Å². The Bertz CT molecular complexity index is 828. The normalized spacial score (nSPS) is 18.5. The highest BCUT2D eigenvalue weighted by Gasteiger charge is 2.39. The largest absolute Gasteiger partial charge is 0.493 e. The molecule has 1 saturated carbocycles. The van der Waals surface area contributed by atoms with E-state index in [1.807, 2.05) is 25.1 Å². The second-order valence-corrected chi connectivity index (χ2v) is 7.35. The van der Waals surface area contributed by atoms with Crippen molar-refractivity contribution in [2.24, 2.45) is 0 Å². The number of benzene rings is 2. The van der Waals surface area contributed by atoms with Crippen LogP contribution in [0.3, 0.4) is 0 Å². The van der Waals surface area contributed by atoms with Gasteiger partial charge in [0.2, 0.25) is 0 Å². The molecule has 2 aliphatic rings. The molecule has 1 atom stereocenters. The lowest BCUT2D eigenvalue weighted by Crippen LogP contribution is -2.38. The minimum absolute atomic E-state index is 0.0977. The number of hydrogen-bond donors (Lipinski definition) is 0. The number of rotatable bonds is 6. The van der Waals surface area contributed by atoms with Gasteiger partial charge in [-0.3, -0.25) is 4.79 Å². The van der Waals surface area contributed by atoms with Crippen LogP contribution in [0.5, 0.6) is 11.5 Å². The number of amides is 1. The first-order valence-electron chi connectivity index (χ1n) is 9.94. The molecule has 1 fully saturated rings. The monoisotopic (exact) mass is 365 g/mol. The average molecular weight is 365 g/mol. The van der Waals surface area contributed by atoms with E-state index in [0.717, 1.165) is 32.1 Å². The Morgan fingerprint density at radius 3 is 2.67 bits per heavy atom. The lowest BCUT2D eigenvalue weighted by Gasteiger charge is -2.36. The minimum Gasteiger partial charge on any atom is -0.493 e. The summed E-state index contributed by atoms with van der Waals surface area (Å²) >= 11 is 0. The van der Waals surface area contributed by atoms with E-state index in [1.54, 1.807) is 7.11 Å². The number of methoxy groups -OCH3 is 1. The third kappa shape index (κ3) is 3.53. The number of fused-ring (bicyclic) bond motifs is 1. The van der Waals surface area contributed by atoms with Gasteiger partial charge < -0.3 is 14.4 Å². The van der Waals surface area contributed by atoms with Crippen LogP contribution < -0.4 is 9.47 Å². The van der Waals surface area contributed by atoms with E-state index in [-0.39, 0.29) is 11.9 Å². The molecule has 0 heterocycles. The molecule has 0 aromatic heterocycles. The Morgan fingerprint density at radius 2 is 1.93 bits per heavy atom. The number of carbonyl (C=O) groups excluding carboxylic acids is 1. The van der Waals surface area contributed by atoms with Crippen molar-refractivity contribution in [3.05, 3.63) is 59.2 Å². The molecule has 1 unspecified atom stereocenters. The predicted octanol–water partition coefficient (Wildman–Crippen LogP) is 4.78. The highest BCUT2D eigenvalue weighted by atomic mass is 16.5. The highest BCUT2D eigenvalue weighted by molar-refractivity contribution is 5.95. The van der Waals surface area contributed by atoms with Crippen molar-refractivity contribution in [1.29, 1.82) is 0 Å². The van der Waals surface area contributed by atoms with E-state index in [9.17, 15) is 4.79 Å². The number of carbonyl (C=O) groups is 1. The summed E-state index contributed by atoms with van der Waals surface area (Å²) in [6.07, 6.45) is 5.46. The molecule has 0 N–H and O–H groups in total. The molecule has 0 radical (unpaired) electrons. The maximum atomic E-state index is 13.5. The van der Waals surface area contributed by atoms with Gasteiger partial charge in [-0.2, -0.15) is 0 Å². The predicted molar refractivity (Wildman–Crippen MR) is 105 cm³/mol. The number of nitrogens with zero attached hydrogens (tertiary/aromatic N) is 1. The highest BCUT2D eigenvalue weighted by Crippen LogP contribution is 2.42. The fourth-order valence-electron chi connectivity index (χ4n) is 4.16. The van der Waals surface area contributed by atoms with Gasteiger partial charge in [0.05, 0.1) is 19.8 Å². The standard InChI is InChI=1S/C23H27NO3/c1-3-27-21-14-11-17(15-22(21)26-2)23(25)24(18-12-13-18)20-10-6-8-16-7-4-5-9-19(16)20/h4-5,7,9,11,14-15,18,20H,3,6,8,10,12-13H2,1-2H3. The molecular weight excluding hydrogens is 338 g/mol. The van der Waals surface area contributed by atoms with Crippen molar-refractivity contribution < 1.29 is 14.3 Å². The summed E-state index contributed by atoms with van der Waals surface area (Å²) in [5.41, 5.74) is 3.38. The fourth-order valence-corrected chi connectivity index (χ4v) is 4.16. The van der Waals surface area contributed by atoms with Gasteiger partial charge in [-0.1, -0.05) is 24.3 Å². The van der Waals surface area contributed by atoms with Gasteiger partial charge in [0, 0.05) is 11.6 Å². The zero-order valence-corrected chi connectivity index (χ0v) is 16.1. The topological polar surface area (TPSA) is 38.8 Å². The summed E-state index contributed by atoms with van der Waals surface area (Å²) in [5.74, 6) is 1.39. The van der Waals surface area contributed by atoms with E-state index in [1.165, 1.54) is 11.1 Å². The molecule has 2 aliphatic carbocycles. The van der Waals surface area contributed by atoms with Gasteiger partial charge in [0.15, 0.2) is 11.5 Å². The summed E-state index contributed by atoms with van der Waals surface area (Å²) in [5, 5.41) is 0. The van der Waals surface area contributed by atoms with Crippen LogP contribution in [0.1, 0.15) is 60.1 Å². The smallest absolute Gasteiger partial charge is 0.254 e. The van der Waals surface area contributed by atoms with Crippen molar-refractivity contribution >= 4 is 5.91 Å². The number of hydrogen-bond acceptors (Lipinski definition) is 3. The van der Waals surface area contributed by atoms with E-state index in [4.69, 9.17) is 9.47 Å². The van der Waals surface area contributed by atoms with Crippen LogP contribution in [0.15, 0.2) is 42.5 Å². The summed E-state index contributed by atoms with van der Waals surface area (Å²) in [6, 6.07) is 14.6. The molecule has 2 aromatic rings. The Kier molecular flexibility index (Phi) is 5.06. The molecule has 0 spiro atoms. The molecule has 0 bridgehead atoms. The van der Waals surface area contributed by atoms with Gasteiger partial charge in [-0.15, -0.1) is 0 Å². The summed E-state index contributed by atoms with van der Waals surface area (Å²) in [6.45, 7) is 2.50. The van der Waals surface area contributed by atoms with Crippen molar-refractivity contribution in [2.75, 3.05) is 13.7 Å². The summed E-state index contributed by atoms with van der Waals surface area (Å²) in [7, 11) is 1.61. The van der Waals surface area contributed by atoms with Crippen LogP contribution in [-0.4, -0.2) is 30.6 Å². The molecule has 4 nitrogen and oxygen atoms in total. The van der Waals surface area contributed by atoms with E-state index < -0.39 is 0 Å². The van der Waals surface area contributed by atoms with Gasteiger partial charge >= 0.3 is 0 Å². The first-order chi connectivity index (χ1) is 13.2. The van der Waals surface area contributed by atoms with E-state index >= 15 is 0 Å². The van der Waals surface area contributed by atoms with E-state index in [0.29, 0.717) is 29.7 Å². The molecule has 27 heavy (non-hydrogen) atoms. The first kappa shape index (κ1) is 17.9. The second-order valence-electron chi connectivity index (χ2n) is 7.35. The number of aryl methyl sites for hydroxylation is 1. The van der Waals surface area contributed by atoms with Crippen molar-refractivity contribution in [3.8, 4) is 11.5 Å². The third-order valence-electron chi connectivity index (χ3n) is 5.56. The summed E-state index contributed by atoms with van der Waals surface area (Å²) in [4.78, 5) is 15.6. The maximum absolute atomic E-state index is 13.5. The molecule has 0 saturated heterocycles. The quantitative estimate of drug-likeness (QED) is 0.740. The minimum atomic E-state index is 0.0977. The lowest BCUT2D eigenvalue weighted by atomic mass is 9.86.